The molecular weight excluding hydrogens is 412 g/mol. The highest BCUT2D eigenvalue weighted by Crippen LogP contribution is 2.29. The Morgan fingerprint density at radius 3 is 3.00 bits per heavy atom. The fraction of sp³-hybridized carbons (Fsp3) is 0.250. The van der Waals surface area contributed by atoms with E-state index >= 15 is 0 Å². The number of carbonyl (C=O) groups is 1. The predicted octanol–water partition coefficient (Wildman–Crippen LogP) is 3.96. The van der Waals surface area contributed by atoms with E-state index in [2.05, 4.69) is 36.8 Å². The van der Waals surface area contributed by atoms with E-state index in [0.717, 1.165) is 33.2 Å². The first-order valence-corrected chi connectivity index (χ1v) is 8.56. The molecule has 2 heterocycles. The molecule has 4 nitrogen and oxygen atoms in total. The monoisotopic (exact) mass is 424 g/mol. The fourth-order valence-corrected chi connectivity index (χ4v) is 3.62. The van der Waals surface area contributed by atoms with Crippen LogP contribution in [0, 0.1) is 0 Å². The first kappa shape index (κ1) is 15.5. The van der Waals surface area contributed by atoms with E-state index in [1.54, 1.807) is 11.1 Å². The lowest BCUT2D eigenvalue weighted by molar-refractivity contribution is -0.120. The van der Waals surface area contributed by atoms with Crippen molar-refractivity contribution < 1.29 is 9.53 Å². The molecule has 0 spiro atoms. The molecule has 1 aliphatic rings. The number of halogens is 2. The van der Waals surface area contributed by atoms with Crippen LogP contribution in [-0.4, -0.2) is 24.0 Å². The van der Waals surface area contributed by atoms with E-state index in [1.807, 2.05) is 30.3 Å². The minimum Gasteiger partial charge on any atom is -0.483 e. The van der Waals surface area contributed by atoms with Gasteiger partial charge in [0.15, 0.2) is 6.61 Å². The van der Waals surface area contributed by atoms with E-state index in [9.17, 15) is 4.79 Å². The molecule has 2 aromatic rings. The zero-order valence-corrected chi connectivity index (χ0v) is 14.9. The second-order valence-corrected chi connectivity index (χ2v) is 6.75. The topological polar surface area (TPSA) is 42.4 Å². The van der Waals surface area contributed by atoms with E-state index in [-0.39, 0.29) is 12.5 Å². The van der Waals surface area contributed by atoms with Crippen molar-refractivity contribution in [3.63, 3.8) is 0 Å². The van der Waals surface area contributed by atoms with Crippen LogP contribution in [0.15, 0.2) is 45.5 Å². The third-order valence-electron chi connectivity index (χ3n) is 3.50. The first-order valence-electron chi connectivity index (χ1n) is 6.97. The second-order valence-electron chi connectivity index (χ2n) is 4.98. The number of carbonyl (C=O) groups excluding carboxylic acids is 1. The number of ether oxygens (including phenoxy) is 1. The van der Waals surface area contributed by atoms with Crippen molar-refractivity contribution in [2.75, 3.05) is 18.1 Å². The van der Waals surface area contributed by atoms with Crippen LogP contribution >= 0.6 is 31.9 Å². The number of aromatic nitrogens is 1. The van der Waals surface area contributed by atoms with E-state index in [4.69, 9.17) is 4.74 Å². The molecule has 0 aliphatic carbocycles. The summed E-state index contributed by atoms with van der Waals surface area (Å²) in [6.07, 6.45) is 3.61. The number of amides is 1. The zero-order valence-electron chi connectivity index (χ0n) is 11.8. The lowest BCUT2D eigenvalue weighted by Crippen LogP contribution is -2.38. The highest BCUT2D eigenvalue weighted by molar-refractivity contribution is 9.11. The van der Waals surface area contributed by atoms with Crippen molar-refractivity contribution in [1.29, 1.82) is 0 Å². The standard InChI is InChI=1S/C16H14Br2N2O2/c17-11-5-6-15(12(18)9-11)22-10-16(21)20-8-2-3-13-14(20)4-1-7-19-13/h1,4-7,9H,2-3,8,10H2. The number of aryl methyl sites for hydroxylation is 1. The van der Waals surface area contributed by atoms with Crippen LogP contribution in [0.5, 0.6) is 5.75 Å². The molecule has 0 bridgehead atoms. The number of benzene rings is 1. The first-order chi connectivity index (χ1) is 10.6. The number of hydrogen-bond donors (Lipinski definition) is 0. The Labute approximate surface area is 145 Å². The molecule has 0 saturated carbocycles. The predicted molar refractivity (Wildman–Crippen MR) is 92.2 cm³/mol. The molecular formula is C16H14Br2N2O2. The number of hydrogen-bond acceptors (Lipinski definition) is 3. The van der Waals surface area contributed by atoms with Crippen molar-refractivity contribution in [2.45, 2.75) is 12.8 Å². The highest BCUT2D eigenvalue weighted by Gasteiger charge is 2.23. The molecule has 6 heteroatoms. The third kappa shape index (κ3) is 3.33. The summed E-state index contributed by atoms with van der Waals surface area (Å²) in [5, 5.41) is 0. The van der Waals surface area contributed by atoms with Gasteiger partial charge in [-0.25, -0.2) is 0 Å². The molecule has 1 aromatic carbocycles. The molecule has 1 aliphatic heterocycles. The maximum Gasteiger partial charge on any atom is 0.264 e. The van der Waals surface area contributed by atoms with Gasteiger partial charge < -0.3 is 9.64 Å². The molecule has 0 radical (unpaired) electrons. The summed E-state index contributed by atoms with van der Waals surface area (Å²) in [6, 6.07) is 9.39. The third-order valence-corrected chi connectivity index (χ3v) is 4.61. The van der Waals surface area contributed by atoms with Gasteiger partial charge in [-0.15, -0.1) is 0 Å². The highest BCUT2D eigenvalue weighted by atomic mass is 79.9. The fourth-order valence-electron chi connectivity index (χ4n) is 2.46. The van der Waals surface area contributed by atoms with Gasteiger partial charge in [0.2, 0.25) is 0 Å². The Balaban J connectivity index is 1.70. The van der Waals surface area contributed by atoms with Crippen molar-refractivity contribution in [2.24, 2.45) is 0 Å². The average molecular weight is 426 g/mol. The van der Waals surface area contributed by atoms with Crippen LogP contribution in [0.1, 0.15) is 12.1 Å². The van der Waals surface area contributed by atoms with E-state index in [0.29, 0.717) is 12.3 Å². The Kier molecular flexibility index (Phi) is 4.78. The summed E-state index contributed by atoms with van der Waals surface area (Å²) in [5.74, 6) is 0.601. The van der Waals surface area contributed by atoms with Gasteiger partial charge in [-0.05, 0) is 59.1 Å². The van der Waals surface area contributed by atoms with Crippen molar-refractivity contribution in [3.8, 4) is 5.75 Å². The zero-order chi connectivity index (χ0) is 15.5. The van der Waals surface area contributed by atoms with Gasteiger partial charge in [-0.2, -0.15) is 0 Å². The molecule has 3 rings (SSSR count). The molecule has 1 amide bonds. The van der Waals surface area contributed by atoms with Gasteiger partial charge in [0.25, 0.3) is 5.91 Å². The minimum atomic E-state index is -0.0521. The Hall–Kier alpha value is -1.40. The van der Waals surface area contributed by atoms with E-state index < -0.39 is 0 Å². The molecule has 0 fully saturated rings. The summed E-state index contributed by atoms with van der Waals surface area (Å²) in [7, 11) is 0. The number of fused-ring (bicyclic) bond motifs is 1. The summed E-state index contributed by atoms with van der Waals surface area (Å²) in [5.41, 5.74) is 1.88. The normalized spacial score (nSPS) is 13.6. The number of pyridine rings is 1. The molecule has 1 aromatic heterocycles. The maximum absolute atomic E-state index is 12.5. The SMILES string of the molecule is O=C(COc1ccc(Br)cc1Br)N1CCCc2ncccc21. The summed E-state index contributed by atoms with van der Waals surface area (Å²) in [4.78, 5) is 18.6. The Morgan fingerprint density at radius 2 is 2.18 bits per heavy atom. The molecule has 22 heavy (non-hydrogen) atoms. The smallest absolute Gasteiger partial charge is 0.264 e. The minimum absolute atomic E-state index is 0.00850. The van der Waals surface area contributed by atoms with Crippen molar-refractivity contribution in [3.05, 3.63) is 51.2 Å². The van der Waals surface area contributed by atoms with Crippen LogP contribution in [-0.2, 0) is 11.2 Å². The molecule has 114 valence electrons. The summed E-state index contributed by atoms with van der Waals surface area (Å²) in [6.45, 7) is 0.719. The lowest BCUT2D eigenvalue weighted by atomic mass is 10.1. The summed E-state index contributed by atoms with van der Waals surface area (Å²) >= 11 is 6.82. The molecule has 0 saturated heterocycles. The number of nitrogens with zero attached hydrogens (tertiary/aromatic N) is 2. The summed E-state index contributed by atoms with van der Waals surface area (Å²) < 4.78 is 7.41. The van der Waals surface area contributed by atoms with Gasteiger partial charge >= 0.3 is 0 Å². The second kappa shape index (κ2) is 6.79. The average Bonchev–Trinajstić information content (AvgIpc) is 2.53. The van der Waals surface area contributed by atoms with Crippen molar-refractivity contribution >= 4 is 43.5 Å². The Bertz CT molecular complexity index is 706. The quantitative estimate of drug-likeness (QED) is 0.747. The van der Waals surface area contributed by atoms with Gasteiger partial charge in [-0.1, -0.05) is 15.9 Å². The van der Waals surface area contributed by atoms with Crippen molar-refractivity contribution in [1.82, 2.24) is 4.98 Å². The van der Waals surface area contributed by atoms with Gasteiger partial charge in [0, 0.05) is 17.2 Å². The van der Waals surface area contributed by atoms with E-state index in [1.165, 1.54) is 0 Å². The lowest BCUT2D eigenvalue weighted by Gasteiger charge is -2.28. The van der Waals surface area contributed by atoms with Crippen LogP contribution in [0.25, 0.3) is 0 Å². The molecule has 0 atom stereocenters. The molecule has 0 unspecified atom stereocenters. The Morgan fingerprint density at radius 1 is 1.32 bits per heavy atom. The van der Waals surface area contributed by atoms with Crippen LogP contribution in [0.2, 0.25) is 0 Å². The number of rotatable bonds is 3. The van der Waals surface area contributed by atoms with Gasteiger partial charge in [-0.3, -0.25) is 9.78 Å². The number of anilines is 1. The largest absolute Gasteiger partial charge is 0.483 e. The van der Waals surface area contributed by atoms with Gasteiger partial charge in [0.1, 0.15) is 5.75 Å². The van der Waals surface area contributed by atoms with Gasteiger partial charge in [0.05, 0.1) is 15.9 Å². The molecule has 0 N–H and O–H groups in total. The van der Waals surface area contributed by atoms with Crippen LogP contribution < -0.4 is 9.64 Å². The van der Waals surface area contributed by atoms with Crippen LogP contribution in [0.4, 0.5) is 5.69 Å². The maximum atomic E-state index is 12.5. The van der Waals surface area contributed by atoms with Crippen LogP contribution in [0.3, 0.4) is 0 Å².